The van der Waals surface area contributed by atoms with Crippen LogP contribution in [0, 0.1) is 0 Å². The standard InChI is InChI=1S/C18H19F3N2O2/c19-18(20,21)14-7-2-1-6-13(14)17(24)22-12-15(16-8-5-11-25-16)23-9-3-4-10-23/h1-2,5-8,11,15H,3-4,9-10,12H2,(H,22,24). The van der Waals surface area contributed by atoms with E-state index in [9.17, 15) is 18.0 Å². The van der Waals surface area contributed by atoms with Crippen molar-refractivity contribution >= 4 is 5.91 Å². The summed E-state index contributed by atoms with van der Waals surface area (Å²) in [6.07, 6.45) is -0.896. The highest BCUT2D eigenvalue weighted by Gasteiger charge is 2.35. The fourth-order valence-corrected chi connectivity index (χ4v) is 3.16. The molecular weight excluding hydrogens is 333 g/mol. The van der Waals surface area contributed by atoms with Crippen LogP contribution in [0.5, 0.6) is 0 Å². The van der Waals surface area contributed by atoms with E-state index in [1.807, 2.05) is 6.07 Å². The van der Waals surface area contributed by atoms with Gasteiger partial charge in [-0.15, -0.1) is 0 Å². The van der Waals surface area contributed by atoms with E-state index in [-0.39, 0.29) is 18.2 Å². The second kappa shape index (κ2) is 7.31. The smallest absolute Gasteiger partial charge is 0.417 e. The molecule has 25 heavy (non-hydrogen) atoms. The maximum absolute atomic E-state index is 13.1. The number of nitrogens with zero attached hydrogens (tertiary/aromatic N) is 1. The van der Waals surface area contributed by atoms with Crippen molar-refractivity contribution in [3.63, 3.8) is 0 Å². The molecule has 1 aromatic carbocycles. The van der Waals surface area contributed by atoms with Gasteiger partial charge in [0.1, 0.15) is 5.76 Å². The molecule has 0 bridgehead atoms. The van der Waals surface area contributed by atoms with Crippen LogP contribution in [-0.4, -0.2) is 30.4 Å². The van der Waals surface area contributed by atoms with Gasteiger partial charge in [0.05, 0.1) is 23.4 Å². The number of halogens is 3. The van der Waals surface area contributed by atoms with Gasteiger partial charge in [0, 0.05) is 6.54 Å². The highest BCUT2D eigenvalue weighted by atomic mass is 19.4. The second-order valence-electron chi connectivity index (χ2n) is 6.03. The summed E-state index contributed by atoms with van der Waals surface area (Å²) in [5, 5.41) is 2.64. The summed E-state index contributed by atoms with van der Waals surface area (Å²) in [5.41, 5.74) is -1.29. The molecule has 1 aliphatic heterocycles. The van der Waals surface area contributed by atoms with Crippen LogP contribution in [0.4, 0.5) is 13.2 Å². The first-order valence-corrected chi connectivity index (χ1v) is 8.18. The molecule has 2 heterocycles. The molecule has 1 aromatic heterocycles. The number of furan rings is 1. The summed E-state index contributed by atoms with van der Waals surface area (Å²) < 4.78 is 44.7. The van der Waals surface area contributed by atoms with Gasteiger partial charge in [0.15, 0.2) is 0 Å². The van der Waals surface area contributed by atoms with Gasteiger partial charge in [-0.2, -0.15) is 13.2 Å². The van der Waals surface area contributed by atoms with Crippen molar-refractivity contribution in [2.75, 3.05) is 19.6 Å². The summed E-state index contributed by atoms with van der Waals surface area (Å²) in [4.78, 5) is 14.5. The van der Waals surface area contributed by atoms with Crippen molar-refractivity contribution in [1.29, 1.82) is 0 Å². The van der Waals surface area contributed by atoms with E-state index in [1.54, 1.807) is 12.3 Å². The van der Waals surface area contributed by atoms with Gasteiger partial charge < -0.3 is 9.73 Å². The average Bonchev–Trinajstić information content (AvgIpc) is 3.28. The molecule has 3 rings (SSSR count). The molecule has 1 atom stereocenters. The number of likely N-dealkylation sites (tertiary alicyclic amines) is 1. The molecule has 134 valence electrons. The summed E-state index contributed by atoms with van der Waals surface area (Å²) in [7, 11) is 0. The zero-order valence-electron chi connectivity index (χ0n) is 13.6. The Kier molecular flexibility index (Phi) is 5.13. The number of carbonyl (C=O) groups excluding carboxylic acids is 1. The van der Waals surface area contributed by atoms with Crippen LogP contribution < -0.4 is 5.32 Å². The molecule has 2 aromatic rings. The Morgan fingerprint density at radius 3 is 2.52 bits per heavy atom. The van der Waals surface area contributed by atoms with Crippen LogP contribution >= 0.6 is 0 Å². The summed E-state index contributed by atoms with van der Waals surface area (Å²) in [5.74, 6) is -0.0324. The van der Waals surface area contributed by atoms with Gasteiger partial charge in [-0.3, -0.25) is 9.69 Å². The number of alkyl halides is 3. The van der Waals surface area contributed by atoms with E-state index in [4.69, 9.17) is 4.42 Å². The number of hydrogen-bond donors (Lipinski definition) is 1. The predicted molar refractivity (Wildman–Crippen MR) is 86.0 cm³/mol. The fraction of sp³-hybridized carbons (Fsp3) is 0.389. The Hall–Kier alpha value is -2.28. The van der Waals surface area contributed by atoms with Gasteiger partial charge >= 0.3 is 6.18 Å². The molecule has 1 saturated heterocycles. The summed E-state index contributed by atoms with van der Waals surface area (Å²) in [6, 6.07) is 8.21. The first-order valence-electron chi connectivity index (χ1n) is 8.18. The maximum atomic E-state index is 13.1. The van der Waals surface area contributed by atoms with Crippen molar-refractivity contribution in [2.45, 2.75) is 25.1 Å². The van der Waals surface area contributed by atoms with Gasteiger partial charge in [-0.1, -0.05) is 12.1 Å². The van der Waals surface area contributed by atoms with E-state index in [2.05, 4.69) is 10.2 Å². The van der Waals surface area contributed by atoms with Crippen molar-refractivity contribution in [3.8, 4) is 0 Å². The highest BCUT2D eigenvalue weighted by molar-refractivity contribution is 5.95. The molecule has 4 nitrogen and oxygen atoms in total. The SMILES string of the molecule is O=C(NCC(c1ccco1)N1CCCC1)c1ccccc1C(F)(F)F. The van der Waals surface area contributed by atoms with Crippen molar-refractivity contribution in [2.24, 2.45) is 0 Å². The quantitative estimate of drug-likeness (QED) is 0.889. The van der Waals surface area contributed by atoms with Crippen LogP contribution in [-0.2, 0) is 6.18 Å². The molecule has 0 radical (unpaired) electrons. The molecule has 1 unspecified atom stereocenters. The first kappa shape index (κ1) is 17.5. The normalized spacial score (nSPS) is 16.8. The molecule has 1 amide bonds. The fourth-order valence-electron chi connectivity index (χ4n) is 3.16. The molecule has 7 heteroatoms. The summed E-state index contributed by atoms with van der Waals surface area (Å²) >= 11 is 0. The average molecular weight is 352 g/mol. The van der Waals surface area contributed by atoms with Crippen LogP contribution in [0.25, 0.3) is 0 Å². The predicted octanol–water partition coefficient (Wildman–Crippen LogP) is 3.87. The molecule has 1 aliphatic rings. The third kappa shape index (κ3) is 4.04. The third-order valence-electron chi connectivity index (χ3n) is 4.39. The number of rotatable bonds is 5. The Morgan fingerprint density at radius 1 is 1.16 bits per heavy atom. The largest absolute Gasteiger partial charge is 0.468 e. The van der Waals surface area contributed by atoms with Crippen LogP contribution in [0.15, 0.2) is 47.1 Å². The van der Waals surface area contributed by atoms with Gasteiger partial charge in [0.2, 0.25) is 0 Å². The van der Waals surface area contributed by atoms with Gasteiger partial charge in [-0.05, 0) is 50.2 Å². The lowest BCUT2D eigenvalue weighted by molar-refractivity contribution is -0.137. The monoisotopic (exact) mass is 352 g/mol. The molecule has 1 fully saturated rings. The third-order valence-corrected chi connectivity index (χ3v) is 4.39. The number of carbonyl (C=O) groups is 1. The van der Waals surface area contributed by atoms with Gasteiger partial charge in [-0.25, -0.2) is 0 Å². The van der Waals surface area contributed by atoms with Gasteiger partial charge in [0.25, 0.3) is 5.91 Å². The topological polar surface area (TPSA) is 45.5 Å². The second-order valence-corrected chi connectivity index (χ2v) is 6.03. The molecule has 0 spiro atoms. The van der Waals surface area contributed by atoms with E-state index in [1.165, 1.54) is 18.2 Å². The van der Waals surface area contributed by atoms with E-state index in [0.29, 0.717) is 5.76 Å². The lowest BCUT2D eigenvalue weighted by Gasteiger charge is -2.26. The van der Waals surface area contributed by atoms with Crippen molar-refractivity contribution < 1.29 is 22.4 Å². The zero-order chi connectivity index (χ0) is 17.9. The Balaban J connectivity index is 1.74. The number of amides is 1. The lowest BCUT2D eigenvalue weighted by atomic mass is 10.1. The van der Waals surface area contributed by atoms with E-state index < -0.39 is 17.6 Å². The van der Waals surface area contributed by atoms with Crippen molar-refractivity contribution in [1.82, 2.24) is 10.2 Å². The summed E-state index contributed by atoms with van der Waals surface area (Å²) in [6.45, 7) is 1.94. The zero-order valence-corrected chi connectivity index (χ0v) is 13.6. The minimum absolute atomic E-state index is 0.181. The molecule has 0 saturated carbocycles. The Morgan fingerprint density at radius 2 is 1.88 bits per heavy atom. The minimum Gasteiger partial charge on any atom is -0.468 e. The number of benzene rings is 1. The molecule has 0 aliphatic carbocycles. The first-order chi connectivity index (χ1) is 12.0. The minimum atomic E-state index is -4.57. The van der Waals surface area contributed by atoms with Crippen LogP contribution in [0.3, 0.4) is 0 Å². The van der Waals surface area contributed by atoms with E-state index in [0.717, 1.165) is 32.0 Å². The van der Waals surface area contributed by atoms with Crippen molar-refractivity contribution in [3.05, 3.63) is 59.5 Å². The molecule has 1 N–H and O–H groups in total. The Bertz CT molecular complexity index is 707. The highest BCUT2D eigenvalue weighted by Crippen LogP contribution is 2.32. The molecular formula is C18H19F3N2O2. The number of nitrogens with one attached hydrogen (secondary N) is 1. The van der Waals surface area contributed by atoms with Crippen LogP contribution in [0.2, 0.25) is 0 Å². The van der Waals surface area contributed by atoms with Crippen LogP contribution in [0.1, 0.15) is 40.6 Å². The maximum Gasteiger partial charge on any atom is 0.417 e. The Labute approximate surface area is 143 Å². The lowest BCUT2D eigenvalue weighted by Crippen LogP contribution is -2.37. The number of hydrogen-bond acceptors (Lipinski definition) is 3. The van der Waals surface area contributed by atoms with E-state index >= 15 is 0 Å².